The molecule has 2 aromatic rings. The molecule has 0 saturated carbocycles. The van der Waals surface area contributed by atoms with Crippen LogP contribution >= 0.6 is 0 Å². The first kappa shape index (κ1) is 23.7. The fourth-order valence-corrected chi connectivity index (χ4v) is 4.69. The molecule has 0 unspecified atom stereocenters. The van der Waals surface area contributed by atoms with E-state index in [1.54, 1.807) is 26.0 Å². The lowest BCUT2D eigenvalue weighted by molar-refractivity contribution is -0.190. The number of aromatic nitrogens is 1. The Bertz CT molecular complexity index is 1160. The van der Waals surface area contributed by atoms with Crippen molar-refractivity contribution < 1.29 is 27.6 Å². The van der Waals surface area contributed by atoms with Crippen LogP contribution in [0, 0.1) is 5.41 Å². The summed E-state index contributed by atoms with van der Waals surface area (Å²) < 4.78 is 44.3. The molecule has 178 valence electrons. The van der Waals surface area contributed by atoms with E-state index in [4.69, 9.17) is 0 Å². The highest BCUT2D eigenvalue weighted by atomic mass is 19.4. The van der Waals surface area contributed by atoms with Crippen molar-refractivity contribution in [1.29, 1.82) is 0 Å². The van der Waals surface area contributed by atoms with E-state index in [1.165, 1.54) is 24.5 Å². The van der Waals surface area contributed by atoms with Crippen molar-refractivity contribution in [3.63, 3.8) is 0 Å². The van der Waals surface area contributed by atoms with Crippen molar-refractivity contribution >= 4 is 17.6 Å². The van der Waals surface area contributed by atoms with E-state index in [1.807, 2.05) is 23.5 Å². The van der Waals surface area contributed by atoms with Crippen LogP contribution in [-0.2, 0) is 16.0 Å². The van der Waals surface area contributed by atoms with Crippen LogP contribution in [0.4, 0.5) is 13.2 Å². The van der Waals surface area contributed by atoms with Crippen LogP contribution in [0.25, 0.3) is 0 Å². The summed E-state index contributed by atoms with van der Waals surface area (Å²) in [5.74, 6) is -3.24. The number of allylic oxidation sites excluding steroid dienone is 1. The minimum absolute atomic E-state index is 0.0366. The van der Waals surface area contributed by atoms with E-state index >= 15 is 0 Å². The molecule has 0 saturated heterocycles. The molecule has 6 nitrogen and oxygen atoms in total. The van der Waals surface area contributed by atoms with Gasteiger partial charge in [-0.1, -0.05) is 44.2 Å². The van der Waals surface area contributed by atoms with Crippen LogP contribution in [0.15, 0.2) is 66.1 Å². The van der Waals surface area contributed by atoms with Crippen molar-refractivity contribution in [3.05, 3.63) is 77.3 Å². The number of ketones is 1. The van der Waals surface area contributed by atoms with Gasteiger partial charge in [0.1, 0.15) is 0 Å². The number of halogens is 3. The summed E-state index contributed by atoms with van der Waals surface area (Å²) in [6, 6.07) is 11.5. The molecule has 1 atom stereocenters. The van der Waals surface area contributed by atoms with Crippen molar-refractivity contribution in [1.82, 2.24) is 15.2 Å². The monoisotopic (exact) mass is 471 g/mol. The van der Waals surface area contributed by atoms with Crippen LogP contribution < -0.4 is 5.32 Å². The topological polar surface area (TPSA) is 79.4 Å². The van der Waals surface area contributed by atoms with Crippen molar-refractivity contribution in [2.45, 2.75) is 44.8 Å². The number of hydrogen-bond donors (Lipinski definition) is 1. The average molecular weight is 471 g/mol. The third-order valence-electron chi connectivity index (χ3n) is 6.25. The van der Waals surface area contributed by atoms with Gasteiger partial charge in [-0.05, 0) is 36.0 Å². The van der Waals surface area contributed by atoms with Gasteiger partial charge < -0.3 is 10.2 Å². The van der Waals surface area contributed by atoms with Crippen LogP contribution in [0.2, 0.25) is 0 Å². The molecule has 2 aliphatic rings. The second-order valence-electron chi connectivity index (χ2n) is 9.39. The lowest BCUT2D eigenvalue weighted by Crippen LogP contribution is -2.66. The predicted octanol–water partition coefficient (Wildman–Crippen LogP) is 3.84. The Labute approximate surface area is 194 Å². The van der Waals surface area contributed by atoms with Crippen molar-refractivity contribution in [2.75, 3.05) is 6.54 Å². The Morgan fingerprint density at radius 1 is 1.06 bits per heavy atom. The van der Waals surface area contributed by atoms with Gasteiger partial charge in [0, 0.05) is 36.6 Å². The number of alkyl halides is 3. The molecule has 2 heterocycles. The normalized spacial score (nSPS) is 22.1. The Hall–Kier alpha value is -3.49. The van der Waals surface area contributed by atoms with E-state index < -0.39 is 40.3 Å². The third kappa shape index (κ3) is 3.99. The highest BCUT2D eigenvalue weighted by Gasteiger charge is 2.71. The number of benzene rings is 1. The lowest BCUT2D eigenvalue weighted by Gasteiger charge is -2.35. The van der Waals surface area contributed by atoms with Gasteiger partial charge in [0.25, 0.3) is 11.8 Å². The quantitative estimate of drug-likeness (QED) is 0.719. The summed E-state index contributed by atoms with van der Waals surface area (Å²) in [6.07, 6.45) is -2.46. The molecule has 0 radical (unpaired) electrons. The SMILES string of the molecule is CC1(C)CC(=O)C2=C(C1)N(CCc1ccccc1)C(=O)[C@]2(NC(=O)c1ccncc1)C(F)(F)F. The van der Waals surface area contributed by atoms with Gasteiger partial charge in [-0.25, -0.2) is 0 Å². The maximum atomic E-state index is 14.8. The zero-order valence-electron chi connectivity index (χ0n) is 18.8. The van der Waals surface area contributed by atoms with Crippen LogP contribution in [0.3, 0.4) is 0 Å². The highest BCUT2D eigenvalue weighted by Crippen LogP contribution is 2.51. The first-order chi connectivity index (χ1) is 16.0. The summed E-state index contributed by atoms with van der Waals surface area (Å²) in [6.45, 7) is 3.50. The minimum atomic E-state index is -5.23. The first-order valence-electron chi connectivity index (χ1n) is 10.9. The number of carbonyl (C=O) groups is 3. The van der Waals surface area contributed by atoms with Crippen LogP contribution in [0.1, 0.15) is 42.6 Å². The molecule has 1 aromatic carbocycles. The smallest absolute Gasteiger partial charge is 0.326 e. The van der Waals surface area contributed by atoms with E-state index in [2.05, 4.69) is 4.98 Å². The second-order valence-corrected chi connectivity index (χ2v) is 9.39. The number of nitrogens with zero attached hydrogens (tertiary/aromatic N) is 2. The zero-order valence-corrected chi connectivity index (χ0v) is 18.8. The lowest BCUT2D eigenvalue weighted by atomic mass is 9.72. The standard InChI is InChI=1S/C25H24F3N3O3/c1-23(2)14-18-20(19(32)15-23)24(25(26,27)28,30-21(33)17-8-11-29-12-9-17)22(34)31(18)13-10-16-6-4-3-5-7-16/h3-9,11-12H,10,13-15H2,1-2H3,(H,30,33)/t24-/m0/s1. The number of amides is 2. The molecule has 1 N–H and O–H groups in total. The Morgan fingerprint density at radius 3 is 2.32 bits per heavy atom. The molecule has 0 fully saturated rings. The zero-order chi connectivity index (χ0) is 24.7. The number of Topliss-reactive ketones (excluding diaryl/α,β-unsaturated/α-hetero) is 1. The summed E-state index contributed by atoms with van der Waals surface area (Å²) in [5, 5.41) is 1.92. The van der Waals surface area contributed by atoms with Gasteiger partial charge >= 0.3 is 6.18 Å². The van der Waals surface area contributed by atoms with Crippen LogP contribution in [0.5, 0.6) is 0 Å². The summed E-state index contributed by atoms with van der Waals surface area (Å²) in [5.41, 5.74) is -3.95. The Morgan fingerprint density at radius 2 is 1.71 bits per heavy atom. The van der Waals surface area contributed by atoms with E-state index in [0.29, 0.717) is 6.42 Å². The number of pyridine rings is 1. The number of hydrogen-bond acceptors (Lipinski definition) is 4. The molecular formula is C25H24F3N3O3. The average Bonchev–Trinajstić information content (AvgIpc) is 3.00. The third-order valence-corrected chi connectivity index (χ3v) is 6.25. The fourth-order valence-electron chi connectivity index (χ4n) is 4.69. The maximum absolute atomic E-state index is 14.8. The highest BCUT2D eigenvalue weighted by molar-refractivity contribution is 6.14. The molecule has 0 spiro atoms. The molecule has 1 aliphatic heterocycles. The molecule has 1 aromatic heterocycles. The summed E-state index contributed by atoms with van der Waals surface area (Å²) in [7, 11) is 0. The van der Waals surface area contributed by atoms with Gasteiger partial charge in [0.2, 0.25) is 5.54 Å². The summed E-state index contributed by atoms with van der Waals surface area (Å²) in [4.78, 5) is 44.4. The van der Waals surface area contributed by atoms with E-state index in [-0.39, 0.29) is 30.6 Å². The number of nitrogens with one attached hydrogen (secondary N) is 1. The molecule has 34 heavy (non-hydrogen) atoms. The first-order valence-corrected chi connectivity index (χ1v) is 10.9. The molecular weight excluding hydrogens is 447 g/mol. The Balaban J connectivity index is 1.81. The van der Waals surface area contributed by atoms with E-state index in [9.17, 15) is 27.6 Å². The molecule has 9 heteroatoms. The van der Waals surface area contributed by atoms with Gasteiger partial charge in [-0.15, -0.1) is 0 Å². The Kier molecular flexibility index (Phi) is 5.83. The van der Waals surface area contributed by atoms with Crippen LogP contribution in [-0.4, -0.2) is 45.7 Å². The molecule has 2 amide bonds. The van der Waals surface area contributed by atoms with Gasteiger partial charge in [0.15, 0.2) is 5.78 Å². The van der Waals surface area contributed by atoms with Gasteiger partial charge in [-0.2, -0.15) is 13.2 Å². The summed E-state index contributed by atoms with van der Waals surface area (Å²) >= 11 is 0. The second kappa shape index (κ2) is 8.38. The molecule has 1 aliphatic carbocycles. The van der Waals surface area contributed by atoms with E-state index in [0.717, 1.165) is 10.5 Å². The molecule has 0 bridgehead atoms. The molecule has 4 rings (SSSR count). The predicted molar refractivity (Wildman–Crippen MR) is 117 cm³/mol. The van der Waals surface area contributed by atoms with Crippen molar-refractivity contribution in [3.8, 4) is 0 Å². The van der Waals surface area contributed by atoms with Gasteiger partial charge in [0.05, 0.1) is 5.57 Å². The fraction of sp³-hybridized carbons (Fsp3) is 0.360. The number of rotatable bonds is 5. The minimum Gasteiger partial charge on any atom is -0.326 e. The number of carbonyl (C=O) groups excluding carboxylic acids is 3. The van der Waals surface area contributed by atoms with Gasteiger partial charge in [-0.3, -0.25) is 19.4 Å². The maximum Gasteiger partial charge on any atom is 0.425 e. The van der Waals surface area contributed by atoms with Crippen molar-refractivity contribution in [2.24, 2.45) is 5.41 Å². The largest absolute Gasteiger partial charge is 0.425 e.